The average Bonchev–Trinajstić information content (AvgIpc) is 2.98. The van der Waals surface area contributed by atoms with Gasteiger partial charge in [-0.2, -0.15) is 0 Å². The molecule has 3 heterocycles. The molecule has 2 aliphatic heterocycles. The normalized spacial score (nSPS) is 33.0. The maximum absolute atomic E-state index is 12.8. The first-order chi connectivity index (χ1) is 20.4. The molecule has 234 valence electrons. The van der Waals surface area contributed by atoms with Gasteiger partial charge in [-0.3, -0.25) is 4.79 Å². The molecule has 0 radical (unpaired) electrons. The van der Waals surface area contributed by atoms with E-state index < -0.39 is 96.9 Å². The highest BCUT2D eigenvalue weighted by atomic mass is 16.7. The quantitative estimate of drug-likeness (QED) is 0.133. The van der Waals surface area contributed by atoms with Crippen LogP contribution in [0.1, 0.15) is 0 Å². The van der Waals surface area contributed by atoms with Gasteiger partial charge in [-0.15, -0.1) is 0 Å². The van der Waals surface area contributed by atoms with Gasteiger partial charge in [0.25, 0.3) is 0 Å². The molecule has 43 heavy (non-hydrogen) atoms. The van der Waals surface area contributed by atoms with E-state index >= 15 is 0 Å². The second-order valence-electron chi connectivity index (χ2n) is 10.1. The number of hydrogen-bond donors (Lipinski definition) is 10. The van der Waals surface area contributed by atoms with Gasteiger partial charge >= 0.3 is 0 Å². The Morgan fingerprint density at radius 2 is 1.37 bits per heavy atom. The summed E-state index contributed by atoms with van der Waals surface area (Å²) in [5.41, 5.74) is -0.981. The third kappa shape index (κ3) is 5.73. The van der Waals surface area contributed by atoms with Crippen molar-refractivity contribution in [3.05, 3.63) is 46.6 Å². The van der Waals surface area contributed by atoms with Gasteiger partial charge in [0, 0.05) is 17.7 Å². The van der Waals surface area contributed by atoms with Gasteiger partial charge in [-0.25, -0.2) is 0 Å². The highest BCUT2D eigenvalue weighted by molar-refractivity contribution is 5.88. The van der Waals surface area contributed by atoms with E-state index in [1.54, 1.807) is 0 Å². The Hall–Kier alpha value is -3.55. The van der Waals surface area contributed by atoms with Gasteiger partial charge in [0.1, 0.15) is 77.0 Å². The molecule has 0 aliphatic carbocycles. The lowest BCUT2D eigenvalue weighted by Crippen LogP contribution is -2.65. The number of rotatable bonds is 7. The topological polar surface area (TPSA) is 269 Å². The molecule has 5 rings (SSSR count). The van der Waals surface area contributed by atoms with Crippen molar-refractivity contribution in [2.75, 3.05) is 13.2 Å². The molecule has 0 spiro atoms. The summed E-state index contributed by atoms with van der Waals surface area (Å²) in [6.45, 7) is -1.55. The van der Waals surface area contributed by atoms with Crippen LogP contribution in [0.2, 0.25) is 0 Å². The number of aliphatic hydroxyl groups is 7. The summed E-state index contributed by atoms with van der Waals surface area (Å²) in [7, 11) is 0. The number of phenolic OH excluding ortho intramolecular Hbond substituents is 2. The number of aromatic hydroxyl groups is 3. The molecule has 2 aromatic carbocycles. The van der Waals surface area contributed by atoms with Crippen molar-refractivity contribution in [3.63, 3.8) is 0 Å². The van der Waals surface area contributed by atoms with E-state index in [9.17, 15) is 55.9 Å². The van der Waals surface area contributed by atoms with E-state index in [2.05, 4.69) is 0 Å². The first-order valence-corrected chi connectivity index (χ1v) is 13.0. The van der Waals surface area contributed by atoms with Crippen LogP contribution < -0.4 is 10.2 Å². The molecule has 2 aliphatic rings. The molecule has 16 nitrogen and oxygen atoms in total. The Morgan fingerprint density at radius 3 is 2.02 bits per heavy atom. The molecule has 0 amide bonds. The second kappa shape index (κ2) is 12.2. The van der Waals surface area contributed by atoms with E-state index in [-0.39, 0.29) is 28.4 Å². The fraction of sp³-hybridized carbons (Fsp3) is 0.444. The van der Waals surface area contributed by atoms with E-state index in [0.29, 0.717) is 0 Å². The molecule has 1 aromatic heterocycles. The molecule has 0 unspecified atom stereocenters. The lowest BCUT2D eigenvalue weighted by atomic mass is 9.97. The van der Waals surface area contributed by atoms with Gasteiger partial charge in [0.05, 0.1) is 13.2 Å². The van der Waals surface area contributed by atoms with Crippen molar-refractivity contribution in [1.82, 2.24) is 0 Å². The third-order valence-electron chi connectivity index (χ3n) is 7.27. The molecular weight excluding hydrogens is 580 g/mol. The van der Waals surface area contributed by atoms with Gasteiger partial charge in [0.2, 0.25) is 17.5 Å². The lowest BCUT2D eigenvalue weighted by molar-refractivity contribution is -0.352. The van der Waals surface area contributed by atoms with E-state index in [0.717, 1.165) is 12.1 Å². The lowest BCUT2D eigenvalue weighted by Gasteiger charge is -2.45. The number of ether oxygens (including phenoxy) is 4. The Balaban J connectivity index is 1.39. The molecule has 10 atom stereocenters. The molecule has 2 saturated heterocycles. The van der Waals surface area contributed by atoms with Crippen molar-refractivity contribution in [3.8, 4) is 34.3 Å². The molecule has 2 fully saturated rings. The molecular formula is C27H30O16. The van der Waals surface area contributed by atoms with Crippen molar-refractivity contribution >= 4 is 11.0 Å². The second-order valence-corrected chi connectivity index (χ2v) is 10.1. The predicted molar refractivity (Wildman–Crippen MR) is 140 cm³/mol. The summed E-state index contributed by atoms with van der Waals surface area (Å²) in [4.78, 5) is 12.8. The summed E-state index contributed by atoms with van der Waals surface area (Å²) in [5.74, 6) is -2.03. The largest absolute Gasteiger partial charge is 0.508 e. The molecule has 0 bridgehead atoms. The summed E-state index contributed by atoms with van der Waals surface area (Å²) >= 11 is 0. The Bertz CT molecular complexity index is 1490. The van der Waals surface area contributed by atoms with Gasteiger partial charge < -0.3 is 74.4 Å². The van der Waals surface area contributed by atoms with E-state index in [1.807, 2.05) is 0 Å². The SMILES string of the molecule is O=c1c(O)c(-c2ccc(O)cc2)oc2cc(O[C@@H]3O[C@@H](CO)[C@@H](O[C@H]4O[C@H](CO)[C@@H](O)[C@@H](O)[C@H]4O)[C@@H](O)[C@H]3O)cc(O)c12. The number of hydrogen-bond acceptors (Lipinski definition) is 16. The number of aliphatic hydroxyl groups excluding tert-OH is 7. The maximum atomic E-state index is 12.8. The van der Waals surface area contributed by atoms with E-state index in [4.69, 9.17) is 23.4 Å². The zero-order chi connectivity index (χ0) is 31.2. The van der Waals surface area contributed by atoms with Crippen LogP contribution >= 0.6 is 0 Å². The summed E-state index contributed by atoms with van der Waals surface area (Å²) < 4.78 is 27.6. The summed E-state index contributed by atoms with van der Waals surface area (Å²) in [6, 6.07) is 7.47. The molecule has 16 heteroatoms. The van der Waals surface area contributed by atoms with E-state index in [1.165, 1.54) is 24.3 Å². The molecule has 10 N–H and O–H groups in total. The minimum atomic E-state index is -1.88. The zero-order valence-corrected chi connectivity index (χ0v) is 22.1. The third-order valence-corrected chi connectivity index (χ3v) is 7.27. The summed E-state index contributed by atoms with van der Waals surface area (Å²) in [6.07, 6.45) is -16.7. The molecule has 3 aromatic rings. The van der Waals surface area contributed by atoms with Gasteiger partial charge in [0.15, 0.2) is 12.1 Å². The first kappa shape index (κ1) is 30.9. The zero-order valence-electron chi connectivity index (χ0n) is 22.1. The van der Waals surface area contributed by atoms with Crippen LogP contribution in [0.4, 0.5) is 0 Å². The predicted octanol–water partition coefficient (Wildman–Crippen LogP) is -2.42. The van der Waals surface area contributed by atoms with Crippen LogP contribution in [0.5, 0.6) is 23.0 Å². The first-order valence-electron chi connectivity index (χ1n) is 13.0. The fourth-order valence-electron chi connectivity index (χ4n) is 4.93. The Kier molecular flexibility index (Phi) is 8.77. The minimum Gasteiger partial charge on any atom is -0.508 e. The Labute approximate surface area is 241 Å². The van der Waals surface area contributed by atoms with Crippen molar-refractivity contribution in [1.29, 1.82) is 0 Å². The highest BCUT2D eigenvalue weighted by Gasteiger charge is 2.51. The molecule has 0 saturated carbocycles. The van der Waals surface area contributed by atoms with Gasteiger partial charge in [-0.1, -0.05) is 0 Å². The maximum Gasteiger partial charge on any atom is 0.238 e. The van der Waals surface area contributed by atoms with Crippen molar-refractivity contribution in [2.24, 2.45) is 0 Å². The van der Waals surface area contributed by atoms with Crippen LogP contribution in [0.3, 0.4) is 0 Å². The van der Waals surface area contributed by atoms with Crippen LogP contribution in [0.25, 0.3) is 22.3 Å². The van der Waals surface area contributed by atoms with Gasteiger partial charge in [-0.05, 0) is 24.3 Å². The van der Waals surface area contributed by atoms with Crippen LogP contribution in [0.15, 0.2) is 45.6 Å². The number of phenols is 2. The smallest absolute Gasteiger partial charge is 0.238 e. The van der Waals surface area contributed by atoms with Crippen molar-refractivity contribution in [2.45, 2.75) is 61.4 Å². The number of benzene rings is 2. The van der Waals surface area contributed by atoms with Crippen LogP contribution in [0, 0.1) is 0 Å². The Morgan fingerprint density at radius 1 is 0.744 bits per heavy atom. The fourth-order valence-corrected chi connectivity index (χ4v) is 4.93. The monoisotopic (exact) mass is 610 g/mol. The van der Waals surface area contributed by atoms with Crippen molar-refractivity contribution < 1.29 is 74.4 Å². The number of fused-ring (bicyclic) bond motifs is 1. The highest BCUT2D eigenvalue weighted by Crippen LogP contribution is 2.37. The minimum absolute atomic E-state index is 0.0741. The standard InChI is InChI=1S/C27H30O16/c28-7-14-17(32)19(34)22(37)27(41-14)43-25-15(8-29)42-26(23(38)21(25)36)39-11-5-12(31)16-13(6-11)40-24(20(35)18(16)33)9-1-3-10(30)4-2-9/h1-6,14-15,17,19,21-23,25-32,34-38H,7-8H2/t14-,15+,17-,19-,21+,22-,23-,25-,26-,27-/m1/s1. The summed E-state index contributed by atoms with van der Waals surface area (Å²) in [5, 5.41) is 101. The van der Waals surface area contributed by atoms with Crippen LogP contribution in [-0.2, 0) is 14.2 Å². The van der Waals surface area contributed by atoms with Crippen LogP contribution in [-0.4, -0.2) is 126 Å². The average molecular weight is 611 g/mol.